The number of aliphatic imine (C=N–C) groups is 4. The molecule has 0 radical (unpaired) electrons. The number of nitrogens with two attached hydrogens (primary N) is 1. The number of nitrogens with zero attached hydrogens (tertiary/aromatic N) is 14. The molecule has 3 aromatic carbocycles. The van der Waals surface area contributed by atoms with Crippen LogP contribution >= 0.6 is 127 Å². The molecule has 9 aromatic rings. The highest BCUT2D eigenvalue weighted by atomic mass is 35.5. The van der Waals surface area contributed by atoms with Crippen molar-refractivity contribution in [3.63, 3.8) is 0 Å². The van der Waals surface area contributed by atoms with Gasteiger partial charge < -0.3 is 40.0 Å². The molecular weight excluding hydrogens is 2030 g/mol. The van der Waals surface area contributed by atoms with Gasteiger partial charge in [0.2, 0.25) is 75.7 Å². The molecule has 0 unspecified atom stereocenters. The molecule has 0 saturated carbocycles. The van der Waals surface area contributed by atoms with Gasteiger partial charge in [0.15, 0.2) is 0 Å². The molecule has 13 rings (SSSR count). The summed E-state index contributed by atoms with van der Waals surface area (Å²) in [6.07, 6.45) is -2.58. The summed E-state index contributed by atoms with van der Waals surface area (Å²) >= 11 is 47.3. The van der Waals surface area contributed by atoms with E-state index in [0.717, 1.165) is 45.5 Å². The van der Waals surface area contributed by atoms with Crippen LogP contribution in [0.5, 0.6) is 0 Å². The average molecular weight is 2120 g/mol. The number of hydrazine groups is 1. The molecule has 4 atom stereocenters. The van der Waals surface area contributed by atoms with Crippen LogP contribution in [-0.4, -0.2) is 204 Å². The summed E-state index contributed by atoms with van der Waals surface area (Å²) in [5.41, 5.74) is 4.51. The molecule has 0 saturated heterocycles. The number of sulfonamides is 4. The van der Waals surface area contributed by atoms with Crippen molar-refractivity contribution in [3.05, 3.63) is 167 Å². The number of carboxylic acids is 1. The van der Waals surface area contributed by atoms with Gasteiger partial charge in [0.05, 0.1) is 77.2 Å². The second-order valence-corrected chi connectivity index (χ2v) is 47.5. The summed E-state index contributed by atoms with van der Waals surface area (Å²) in [4.78, 5) is 93.3. The molecule has 56 heteroatoms. The first kappa shape index (κ1) is 107. The second kappa shape index (κ2) is 41.0. The molecule has 10 heterocycles. The summed E-state index contributed by atoms with van der Waals surface area (Å²) in [7, 11) is -10.0. The van der Waals surface area contributed by atoms with Crippen molar-refractivity contribution in [1.82, 2.24) is 70.6 Å². The van der Waals surface area contributed by atoms with E-state index in [1.54, 1.807) is 137 Å². The molecule has 4 aliphatic heterocycles. The van der Waals surface area contributed by atoms with Crippen molar-refractivity contribution in [2.75, 3.05) is 51.2 Å². The smallest absolute Gasteiger partial charge is 0.414 e. The van der Waals surface area contributed by atoms with Gasteiger partial charge in [-0.3, -0.25) is 36.4 Å². The van der Waals surface area contributed by atoms with E-state index in [1.165, 1.54) is 101 Å². The number of rotatable bonds is 11. The lowest BCUT2D eigenvalue weighted by atomic mass is 10.0. The summed E-state index contributed by atoms with van der Waals surface area (Å²) in [5, 5.41) is 47.1. The number of hydrogen-bond donors (Lipinski definition) is 8. The number of ether oxygens (including phenoxy) is 3. The highest BCUT2D eigenvalue weighted by molar-refractivity contribution is 7.90. The Morgan fingerprint density at radius 2 is 0.705 bits per heavy atom. The zero-order valence-corrected chi connectivity index (χ0v) is 84.6. The van der Waals surface area contributed by atoms with Gasteiger partial charge in [-0.1, -0.05) is 81.2 Å². The van der Waals surface area contributed by atoms with E-state index in [0.29, 0.717) is 56.9 Å². The first-order valence-electron chi connectivity index (χ1n) is 37.6. The average Bonchev–Trinajstić information content (AvgIpc) is 1.71. The van der Waals surface area contributed by atoms with Crippen molar-refractivity contribution < 1.29 is 92.0 Å². The second-order valence-electron chi connectivity index (χ2n) is 32.4. The maximum absolute atomic E-state index is 13.0. The number of carbonyl (C=O) groups is 6. The normalized spacial score (nSPS) is 19.9. The number of nitrogens with one attached hydrogen (secondary N) is 5. The van der Waals surface area contributed by atoms with E-state index >= 15 is 0 Å². The number of amides is 5. The number of carboxylic acid groups (broad SMARTS) is 1. The van der Waals surface area contributed by atoms with Gasteiger partial charge in [-0.15, -0.1) is 65.7 Å². The van der Waals surface area contributed by atoms with Crippen LogP contribution in [0.4, 0.5) is 14.4 Å². The van der Waals surface area contributed by atoms with Crippen molar-refractivity contribution in [1.29, 1.82) is 10.8 Å². The van der Waals surface area contributed by atoms with Gasteiger partial charge in [0, 0.05) is 72.2 Å². The van der Waals surface area contributed by atoms with Crippen LogP contribution in [0.3, 0.4) is 0 Å². The summed E-state index contributed by atoms with van der Waals surface area (Å²) in [6, 6.07) is 25.8. The fourth-order valence-corrected chi connectivity index (χ4v) is 24.6. The van der Waals surface area contributed by atoms with Crippen LogP contribution in [0.1, 0.15) is 141 Å². The molecule has 132 heavy (non-hydrogen) atoms. The largest absolute Gasteiger partial charge is 0.477 e. The third-order valence-electron chi connectivity index (χ3n) is 18.0. The summed E-state index contributed by atoms with van der Waals surface area (Å²) in [5.74, 6) is -3.58. The van der Waals surface area contributed by atoms with Crippen LogP contribution in [0.2, 0.25) is 35.2 Å². The number of guanidine groups is 4. The minimum atomic E-state index is -3.93. The maximum atomic E-state index is 13.0. The Morgan fingerprint density at radius 1 is 0.432 bits per heavy atom. The van der Waals surface area contributed by atoms with Gasteiger partial charge >= 0.3 is 24.2 Å². The molecule has 41 nitrogen and oxygen atoms in total. The molecule has 4 aliphatic rings. The summed E-state index contributed by atoms with van der Waals surface area (Å²) in [6.45, 7) is 21.4. The minimum absolute atomic E-state index is 0. The number of aromatic carboxylic acids is 1. The Hall–Kier alpha value is -10.1. The third kappa shape index (κ3) is 26.3. The van der Waals surface area contributed by atoms with E-state index in [1.807, 2.05) is 0 Å². The predicted octanol–water partition coefficient (Wildman–Crippen LogP) is 15.1. The Kier molecular flexibility index (Phi) is 33.3. The van der Waals surface area contributed by atoms with Gasteiger partial charge in [-0.25, -0.2) is 90.0 Å². The Balaban J connectivity index is 0.000000241. The Morgan fingerprint density at radius 3 is 1.02 bits per heavy atom. The van der Waals surface area contributed by atoms with E-state index in [-0.39, 0.29) is 94.8 Å². The fourth-order valence-electron chi connectivity index (χ4n) is 12.0. The molecule has 6 aromatic heterocycles. The number of thiophene rings is 4. The Labute approximate surface area is 810 Å². The minimum Gasteiger partial charge on any atom is -0.477 e. The molecule has 5 amide bonds. The van der Waals surface area contributed by atoms with Crippen LogP contribution in [0.25, 0.3) is 44.4 Å². The van der Waals surface area contributed by atoms with Crippen molar-refractivity contribution in [3.8, 4) is 44.4 Å². The van der Waals surface area contributed by atoms with Crippen LogP contribution in [-0.2, 0) is 76.5 Å². The van der Waals surface area contributed by atoms with Crippen molar-refractivity contribution in [2.24, 2.45) is 25.7 Å². The molecule has 0 aliphatic carbocycles. The van der Waals surface area contributed by atoms with Crippen molar-refractivity contribution in [2.45, 2.75) is 129 Å². The lowest BCUT2D eigenvalue weighted by Crippen LogP contribution is -2.53. The molecule has 0 fully saturated rings. The number of alkyl carbamates (subject to hydrolysis) is 3. The lowest BCUT2D eigenvalue weighted by molar-refractivity contribution is 0.0546. The van der Waals surface area contributed by atoms with Gasteiger partial charge in [0.25, 0.3) is 23.6 Å². The van der Waals surface area contributed by atoms with Gasteiger partial charge in [-0.2, -0.15) is 0 Å². The standard InChI is InChI=1S/C22H25Cl2N5O6S2.C22H23Cl2N5O5S2.C17H15Cl2N5O3S2.C15H20ClN3O6S2.N2.H3N.H2/c1-21(2,3)35-20(32)25-19-26-22(4,11-37(33,34)29(19)5)16-14(24)10-15(36-16)18(31)28-27-17(30)12-6-8-13(23)9-7-12;1-21(2,3)34-20(30)25-19-26-22(4,11-36(31,32)29(19)5)16-14(24)10-15(35-16)18-28-27-17(33-18)12-6-8-13(23)9-7-12;1-17(8-29(25,26)24(2)16(20)21-17)13-11(19)7-12(28-13)15-23-22-14(27-15)9-3-5-10(18)6-4-9;1-14(2,3)25-13(22)17-12-18-15(4,7-27(23,24)19(12)5)10-8(16)6-9(26-10)11(20)21;1-2;;/h6-10H,11H2,1-5H3,(H,27,30)(H,28,31)(H,25,26,32);6-10H,11H2,1-5H3,(H,25,26,30);3-7H,8H2,1-2H3,(H2,20,21);6H,7H2,1-5H3,(H,20,21)(H,17,18,22);;1H3;1H/t2*22-;17-;15-;;;/m0000.../s1/i;;;;;;1+1. The topological polar surface area (TPSA) is 596 Å². The van der Waals surface area contributed by atoms with E-state index < -0.39 is 127 Å². The number of halogens is 7. The molecule has 714 valence electrons. The van der Waals surface area contributed by atoms with Crippen LogP contribution in [0.15, 0.2) is 126 Å². The highest BCUT2D eigenvalue weighted by Crippen LogP contribution is 2.48. The third-order valence-corrected chi connectivity index (χ3v) is 33.6. The first-order chi connectivity index (χ1) is 60.4. The first-order valence-corrected chi connectivity index (χ1v) is 50.0. The van der Waals surface area contributed by atoms with Gasteiger partial charge in [0.1, 0.15) is 43.8 Å². The molecule has 0 spiro atoms. The van der Waals surface area contributed by atoms with Crippen molar-refractivity contribution >= 4 is 227 Å². The van der Waals surface area contributed by atoms with Gasteiger partial charge in [-0.05, 0) is 187 Å². The molecule has 11 N–H and O–H groups in total. The highest BCUT2D eigenvalue weighted by Gasteiger charge is 2.49. The number of benzene rings is 3. The molecular formula is C76H88Cl7N21O20S8. The maximum Gasteiger partial charge on any atom is 0.414 e. The zero-order valence-electron chi connectivity index (χ0n) is 72.7. The summed E-state index contributed by atoms with van der Waals surface area (Å²) < 4.78 is 133. The lowest BCUT2D eigenvalue weighted by Gasteiger charge is -2.35. The number of carbonyl (C=O) groups excluding carboxylic acids is 5. The number of aromatic nitrogens is 4. The van der Waals surface area contributed by atoms with E-state index in [4.69, 9.17) is 126 Å². The van der Waals surface area contributed by atoms with E-state index in [2.05, 4.69) is 67.2 Å². The predicted molar refractivity (Wildman–Crippen MR) is 506 cm³/mol. The monoisotopic (exact) mass is 2120 g/mol. The van der Waals surface area contributed by atoms with Crippen LogP contribution < -0.4 is 38.7 Å². The number of hydrogen-bond acceptors (Lipinski definition) is 35. The SMILES string of the molecule is CN1C(N)=N[C@](C)(c2sc(-c3nnc(-c4ccc(Cl)cc4)o3)cc2Cl)CS1(=O)=O.CN1C(NC(=O)OC(C)(C)C)=N[C@](C)(c2sc(-c3nnc(-c4ccc(Cl)cc4)o3)cc2Cl)CS1(=O)=O.CN1C(NC(=O)OC(C)(C)C)=N[C@](C)(c2sc(C(=O)NNC(=O)c3ccc(Cl)cc3)cc2Cl)CS1(=O)=O.CN1C(NC(=O)OC(C)(C)C)=N[C@](C)(c2sc(C(=O)O)cc2Cl)CS1(=O)=O.N.N#N.[2HH]. The van der Waals surface area contributed by atoms with E-state index in [9.17, 15) is 62.4 Å². The fraction of sp³-hybridized carbons (Fsp3) is 0.368. The van der Waals surface area contributed by atoms with Crippen LogP contribution in [0, 0.1) is 10.8 Å². The zero-order chi connectivity index (χ0) is 98.0. The molecule has 0 bridgehead atoms. The Bertz CT molecular complexity index is 6560. The quantitative estimate of drug-likeness (QED) is 0.0339.